The Morgan fingerprint density at radius 3 is 2.94 bits per heavy atom. The van der Waals surface area contributed by atoms with Gasteiger partial charge >= 0.3 is 0 Å². The molecule has 3 aromatic rings. The zero-order valence-electron chi connectivity index (χ0n) is 18.3. The molecule has 0 unspecified atom stereocenters. The highest BCUT2D eigenvalue weighted by Crippen LogP contribution is 2.39. The van der Waals surface area contributed by atoms with Crippen LogP contribution in [0, 0.1) is 11.8 Å². The number of aliphatic hydroxyl groups is 2. The lowest BCUT2D eigenvalue weighted by Gasteiger charge is -2.33. The van der Waals surface area contributed by atoms with Crippen molar-refractivity contribution >= 4 is 33.2 Å². The molecule has 0 bridgehead atoms. The topological polar surface area (TPSA) is 111 Å². The molecule has 3 aromatic heterocycles. The van der Waals surface area contributed by atoms with Gasteiger partial charge in [-0.2, -0.15) is 0 Å². The molecule has 1 aliphatic heterocycles. The Bertz CT molecular complexity index is 1020. The Kier molecular flexibility index (Phi) is 6.27. The predicted molar refractivity (Wildman–Crippen MR) is 126 cm³/mol. The van der Waals surface area contributed by atoms with Crippen molar-refractivity contribution in [3.8, 4) is 0 Å². The Balaban J connectivity index is 1.36. The third-order valence-electron chi connectivity index (χ3n) is 6.94. The number of hydrogen-bond donors (Lipinski definition) is 4. The minimum absolute atomic E-state index is 0.0447. The largest absolute Gasteiger partial charge is 0.390 e. The van der Waals surface area contributed by atoms with Crippen LogP contribution in [0.2, 0.25) is 0 Å². The average molecular weight is 458 g/mol. The zero-order chi connectivity index (χ0) is 22.1. The number of rotatable bonds is 7. The molecule has 4 heterocycles. The first-order valence-electron chi connectivity index (χ1n) is 11.3. The van der Waals surface area contributed by atoms with Crippen molar-refractivity contribution in [3.63, 3.8) is 0 Å². The number of piperidine rings is 1. The molecule has 4 N–H and O–H groups in total. The van der Waals surface area contributed by atoms with Crippen molar-refractivity contribution in [2.75, 3.05) is 43.4 Å². The van der Waals surface area contributed by atoms with Gasteiger partial charge in [0.15, 0.2) is 0 Å². The number of aromatic nitrogens is 4. The van der Waals surface area contributed by atoms with Crippen molar-refractivity contribution in [1.82, 2.24) is 24.8 Å². The lowest BCUT2D eigenvalue weighted by Crippen LogP contribution is -2.41. The summed E-state index contributed by atoms with van der Waals surface area (Å²) in [7, 11) is 1.83. The molecular formula is C22H31N7O2S. The van der Waals surface area contributed by atoms with Gasteiger partial charge in [-0.15, -0.1) is 11.3 Å². The quantitative estimate of drug-likeness (QED) is 0.424. The second kappa shape index (κ2) is 9.30. The molecule has 9 nitrogen and oxygen atoms in total. The number of nitrogens with one attached hydrogen (secondary N) is 2. The van der Waals surface area contributed by atoms with Crippen LogP contribution in [0.5, 0.6) is 0 Å². The zero-order valence-corrected chi connectivity index (χ0v) is 19.1. The molecule has 0 radical (unpaired) electrons. The summed E-state index contributed by atoms with van der Waals surface area (Å²) < 4.78 is 1.99. The monoisotopic (exact) mass is 457 g/mol. The van der Waals surface area contributed by atoms with Crippen molar-refractivity contribution in [3.05, 3.63) is 30.3 Å². The third-order valence-corrected chi connectivity index (χ3v) is 7.77. The SMILES string of the molecule is CNc1ncnc2c1ccn2[C@@H]1C[C@H](CN(C[C@H]2CCCNC2)c2cncs2)[C@@H](O)[C@H]1O. The maximum absolute atomic E-state index is 11.0. The molecule has 2 fully saturated rings. The normalized spacial score (nSPS) is 28.3. The van der Waals surface area contributed by atoms with E-state index in [1.807, 2.05) is 35.6 Å². The van der Waals surface area contributed by atoms with E-state index in [4.69, 9.17) is 0 Å². The summed E-state index contributed by atoms with van der Waals surface area (Å²) >= 11 is 1.63. The Hall–Kier alpha value is -2.27. The van der Waals surface area contributed by atoms with Crippen molar-refractivity contribution in [2.24, 2.45) is 11.8 Å². The maximum atomic E-state index is 11.0. The molecule has 10 heteroatoms. The molecule has 1 saturated carbocycles. The fraction of sp³-hybridized carbons (Fsp3) is 0.591. The summed E-state index contributed by atoms with van der Waals surface area (Å²) in [4.78, 5) is 15.4. The summed E-state index contributed by atoms with van der Waals surface area (Å²) in [6.07, 6.45) is 6.84. The second-order valence-electron chi connectivity index (χ2n) is 8.93. The number of aliphatic hydroxyl groups excluding tert-OH is 2. The number of hydrogen-bond acceptors (Lipinski definition) is 9. The predicted octanol–water partition coefficient (Wildman–Crippen LogP) is 1.72. The molecule has 1 saturated heterocycles. The lowest BCUT2D eigenvalue weighted by atomic mass is 9.98. The van der Waals surface area contributed by atoms with Crippen molar-refractivity contribution in [1.29, 1.82) is 0 Å². The summed E-state index contributed by atoms with van der Waals surface area (Å²) in [5.41, 5.74) is 2.63. The van der Waals surface area contributed by atoms with E-state index in [0.29, 0.717) is 18.9 Å². The summed E-state index contributed by atoms with van der Waals surface area (Å²) in [6.45, 7) is 3.75. The maximum Gasteiger partial charge on any atom is 0.145 e. The molecular weight excluding hydrogens is 426 g/mol. The van der Waals surface area contributed by atoms with E-state index in [9.17, 15) is 10.2 Å². The van der Waals surface area contributed by atoms with Gasteiger partial charge in [-0.3, -0.25) is 4.98 Å². The Labute approximate surface area is 191 Å². The van der Waals surface area contributed by atoms with E-state index in [0.717, 1.165) is 41.5 Å². The number of thiazole rings is 1. The number of fused-ring (bicyclic) bond motifs is 1. The summed E-state index contributed by atoms with van der Waals surface area (Å²) in [5.74, 6) is 1.29. The third kappa shape index (κ3) is 4.07. The van der Waals surface area contributed by atoms with Crippen LogP contribution in [-0.2, 0) is 0 Å². The average Bonchev–Trinajstić information content (AvgIpc) is 3.56. The van der Waals surface area contributed by atoms with Gasteiger partial charge in [0, 0.05) is 32.3 Å². The Morgan fingerprint density at radius 2 is 2.19 bits per heavy atom. The van der Waals surface area contributed by atoms with Gasteiger partial charge in [0.2, 0.25) is 0 Å². The first-order chi connectivity index (χ1) is 15.7. The molecule has 2 aliphatic rings. The van der Waals surface area contributed by atoms with Gasteiger partial charge in [-0.25, -0.2) is 9.97 Å². The molecule has 0 spiro atoms. The molecule has 1 aliphatic carbocycles. The van der Waals surface area contributed by atoms with Gasteiger partial charge in [0.25, 0.3) is 0 Å². The number of nitrogens with zero attached hydrogens (tertiary/aromatic N) is 5. The fourth-order valence-corrected chi connectivity index (χ4v) is 5.94. The summed E-state index contributed by atoms with van der Waals surface area (Å²) in [5, 5.41) is 30.6. The van der Waals surface area contributed by atoms with Gasteiger partial charge in [-0.05, 0) is 44.3 Å². The van der Waals surface area contributed by atoms with E-state index in [1.54, 1.807) is 11.3 Å². The smallest absolute Gasteiger partial charge is 0.145 e. The molecule has 32 heavy (non-hydrogen) atoms. The van der Waals surface area contributed by atoms with Crippen LogP contribution in [0.15, 0.2) is 30.3 Å². The van der Waals surface area contributed by atoms with Gasteiger partial charge in [-0.1, -0.05) is 0 Å². The van der Waals surface area contributed by atoms with Gasteiger partial charge in [0.05, 0.1) is 29.2 Å². The Morgan fingerprint density at radius 1 is 1.28 bits per heavy atom. The molecule has 172 valence electrons. The first kappa shape index (κ1) is 21.6. The van der Waals surface area contributed by atoms with E-state index >= 15 is 0 Å². The highest BCUT2D eigenvalue weighted by Gasteiger charge is 2.43. The van der Waals surface area contributed by atoms with E-state index in [1.165, 1.54) is 19.2 Å². The standard InChI is InChI=1S/C22H31N7O2S/c1-23-21-16-4-6-29(22(16)27-12-26-21)17-7-15(19(30)20(17)31)11-28(18-9-25-13-32-18)10-14-3-2-5-24-8-14/h4,6,9,12-15,17,19-20,24,30-31H,2-3,5,7-8,10-11H2,1H3,(H,23,26,27)/t14-,15+,17+,19+,20-/m0/s1. The van der Waals surface area contributed by atoms with Crippen LogP contribution in [0.25, 0.3) is 11.0 Å². The van der Waals surface area contributed by atoms with Crippen LogP contribution in [0.4, 0.5) is 10.8 Å². The van der Waals surface area contributed by atoms with Crippen LogP contribution >= 0.6 is 11.3 Å². The van der Waals surface area contributed by atoms with Gasteiger partial charge < -0.3 is 30.3 Å². The van der Waals surface area contributed by atoms with Crippen LogP contribution in [0.3, 0.4) is 0 Å². The molecule has 0 aromatic carbocycles. The van der Waals surface area contributed by atoms with Crippen LogP contribution < -0.4 is 15.5 Å². The van der Waals surface area contributed by atoms with E-state index in [-0.39, 0.29) is 12.0 Å². The molecule has 0 amide bonds. The van der Waals surface area contributed by atoms with Crippen LogP contribution in [-0.4, -0.2) is 75.2 Å². The molecule has 5 atom stereocenters. The minimum Gasteiger partial charge on any atom is -0.390 e. The fourth-order valence-electron chi connectivity index (χ4n) is 5.29. The van der Waals surface area contributed by atoms with Crippen molar-refractivity contribution < 1.29 is 10.2 Å². The molecule has 5 rings (SSSR count). The van der Waals surface area contributed by atoms with Crippen LogP contribution in [0.1, 0.15) is 25.3 Å². The van der Waals surface area contributed by atoms with Crippen molar-refractivity contribution in [2.45, 2.75) is 37.5 Å². The summed E-state index contributed by atoms with van der Waals surface area (Å²) in [6, 6.07) is 1.74. The van der Waals surface area contributed by atoms with Gasteiger partial charge in [0.1, 0.15) is 28.9 Å². The van der Waals surface area contributed by atoms with E-state index < -0.39 is 12.2 Å². The number of anilines is 2. The second-order valence-corrected chi connectivity index (χ2v) is 9.80. The van der Waals surface area contributed by atoms with E-state index in [2.05, 4.69) is 30.5 Å². The highest BCUT2D eigenvalue weighted by molar-refractivity contribution is 7.13. The lowest BCUT2D eigenvalue weighted by molar-refractivity contribution is 0.00784. The highest BCUT2D eigenvalue weighted by atomic mass is 32.1. The minimum atomic E-state index is -0.844. The first-order valence-corrected chi connectivity index (χ1v) is 12.2.